The quantitative estimate of drug-likeness (QED) is 0.347. The van der Waals surface area contributed by atoms with E-state index in [-0.39, 0.29) is 22.4 Å². The molecule has 0 aromatic heterocycles. The van der Waals surface area contributed by atoms with Crippen LogP contribution in [0.15, 0.2) is 88.3 Å². The van der Waals surface area contributed by atoms with Gasteiger partial charge in [0, 0.05) is 22.7 Å². The highest BCUT2D eigenvalue weighted by molar-refractivity contribution is 8.04. The number of carbonyl (C=O) groups excluding carboxylic acids is 3. The first-order valence-corrected chi connectivity index (χ1v) is 12.4. The minimum Gasteiger partial charge on any atom is -0.497 e. The average Bonchev–Trinajstić information content (AvgIpc) is 3.10. The van der Waals surface area contributed by atoms with Gasteiger partial charge in [-0.2, -0.15) is 0 Å². The van der Waals surface area contributed by atoms with Gasteiger partial charge < -0.3 is 15.4 Å². The zero-order valence-corrected chi connectivity index (χ0v) is 21.4. The van der Waals surface area contributed by atoms with Crippen molar-refractivity contribution < 1.29 is 23.5 Å². The van der Waals surface area contributed by atoms with Crippen molar-refractivity contribution in [3.05, 3.63) is 89.2 Å². The lowest BCUT2D eigenvalue weighted by molar-refractivity contribution is -0.120. The van der Waals surface area contributed by atoms with Crippen LogP contribution in [-0.4, -0.2) is 24.8 Å². The highest BCUT2D eigenvalue weighted by atomic mass is 32.2. The summed E-state index contributed by atoms with van der Waals surface area (Å²) in [6.45, 7) is 3.94. The topological polar surface area (TPSA) is 87.7 Å². The Balaban J connectivity index is 1.61. The summed E-state index contributed by atoms with van der Waals surface area (Å²) in [6.07, 6.45) is 0.416. The average molecular weight is 520 g/mol. The van der Waals surface area contributed by atoms with Crippen LogP contribution < -0.4 is 20.3 Å². The summed E-state index contributed by atoms with van der Waals surface area (Å²) in [5.41, 5.74) is 1.59. The minimum absolute atomic E-state index is 0.0735. The molecule has 0 bridgehead atoms. The first-order chi connectivity index (χ1) is 17.7. The summed E-state index contributed by atoms with van der Waals surface area (Å²) in [4.78, 5) is 41.0. The van der Waals surface area contributed by atoms with Gasteiger partial charge in [-0.3, -0.25) is 14.4 Å². The number of amides is 3. The fraction of sp³-hybridized carbons (Fsp3) is 0.179. The fourth-order valence-electron chi connectivity index (χ4n) is 3.66. The third-order valence-corrected chi connectivity index (χ3v) is 6.53. The standard InChI is InChI=1S/C28H26FN3O4S/c1-17(2)16-24(33)30-19-8-14-23(15-9-19)37-26-25(31-20-6-4-18(29)5-7-20)27(34)32(28(26)35)21-10-12-22(36-3)13-11-21/h4-15,17,31H,16H2,1-3H3,(H,30,33). The Morgan fingerprint density at radius 1 is 0.919 bits per heavy atom. The Bertz CT molecular complexity index is 1340. The molecule has 1 heterocycles. The van der Waals surface area contributed by atoms with E-state index in [1.165, 1.54) is 31.4 Å². The predicted octanol–water partition coefficient (Wildman–Crippen LogP) is 5.81. The van der Waals surface area contributed by atoms with Gasteiger partial charge in [-0.05, 0) is 78.7 Å². The van der Waals surface area contributed by atoms with E-state index in [1.807, 2.05) is 13.8 Å². The number of hydrogen-bond acceptors (Lipinski definition) is 6. The smallest absolute Gasteiger partial charge is 0.283 e. The van der Waals surface area contributed by atoms with Crippen LogP contribution >= 0.6 is 11.8 Å². The van der Waals surface area contributed by atoms with Crippen molar-refractivity contribution in [2.24, 2.45) is 5.92 Å². The van der Waals surface area contributed by atoms with Gasteiger partial charge in [0.2, 0.25) is 5.91 Å². The molecule has 190 valence electrons. The number of imide groups is 1. The molecule has 3 aromatic rings. The molecule has 0 aliphatic carbocycles. The molecule has 0 radical (unpaired) electrons. The first kappa shape index (κ1) is 26.0. The Labute approximate surface area is 218 Å². The highest BCUT2D eigenvalue weighted by Crippen LogP contribution is 2.38. The molecule has 9 heteroatoms. The minimum atomic E-state index is -0.528. The second kappa shape index (κ2) is 11.3. The molecule has 0 atom stereocenters. The lowest BCUT2D eigenvalue weighted by Crippen LogP contribution is -2.32. The zero-order chi connectivity index (χ0) is 26.5. The van der Waals surface area contributed by atoms with Crippen LogP contribution in [-0.2, 0) is 14.4 Å². The van der Waals surface area contributed by atoms with Gasteiger partial charge in [-0.15, -0.1) is 0 Å². The molecule has 0 spiro atoms. The molecule has 1 aliphatic rings. The molecule has 0 fully saturated rings. The van der Waals surface area contributed by atoms with Crippen LogP contribution in [0, 0.1) is 11.7 Å². The third kappa shape index (κ3) is 6.18. The Morgan fingerprint density at radius 3 is 2.14 bits per heavy atom. The van der Waals surface area contributed by atoms with Gasteiger partial charge >= 0.3 is 0 Å². The summed E-state index contributed by atoms with van der Waals surface area (Å²) < 4.78 is 18.6. The second-order valence-corrected chi connectivity index (χ2v) is 9.84. The molecule has 4 rings (SSSR count). The lowest BCUT2D eigenvalue weighted by atomic mass is 10.1. The summed E-state index contributed by atoms with van der Waals surface area (Å²) in [5, 5.41) is 5.85. The molecule has 37 heavy (non-hydrogen) atoms. The van der Waals surface area contributed by atoms with Crippen molar-refractivity contribution in [1.82, 2.24) is 0 Å². The van der Waals surface area contributed by atoms with E-state index in [1.54, 1.807) is 48.5 Å². The van der Waals surface area contributed by atoms with E-state index in [0.29, 0.717) is 34.1 Å². The Kier molecular flexibility index (Phi) is 7.93. The molecule has 0 unspecified atom stereocenters. The van der Waals surface area contributed by atoms with Crippen LogP contribution in [0.5, 0.6) is 5.75 Å². The first-order valence-electron chi connectivity index (χ1n) is 11.6. The van der Waals surface area contributed by atoms with Crippen molar-refractivity contribution in [2.45, 2.75) is 25.2 Å². The Hall–Kier alpha value is -4.11. The van der Waals surface area contributed by atoms with Gasteiger partial charge in [0.15, 0.2) is 0 Å². The predicted molar refractivity (Wildman–Crippen MR) is 143 cm³/mol. The number of nitrogens with zero attached hydrogens (tertiary/aromatic N) is 1. The van der Waals surface area contributed by atoms with Crippen LogP contribution in [0.25, 0.3) is 0 Å². The number of rotatable bonds is 9. The number of hydrogen-bond donors (Lipinski definition) is 2. The van der Waals surface area contributed by atoms with Crippen molar-refractivity contribution in [3.63, 3.8) is 0 Å². The number of carbonyl (C=O) groups is 3. The van der Waals surface area contributed by atoms with Crippen LogP contribution in [0.2, 0.25) is 0 Å². The SMILES string of the molecule is COc1ccc(N2C(=O)C(Nc3ccc(F)cc3)=C(Sc3ccc(NC(=O)CC(C)C)cc3)C2=O)cc1. The second-order valence-electron chi connectivity index (χ2n) is 8.75. The number of anilines is 3. The molecule has 1 aliphatic heterocycles. The van der Waals surface area contributed by atoms with Crippen LogP contribution in [0.3, 0.4) is 0 Å². The van der Waals surface area contributed by atoms with Crippen molar-refractivity contribution in [2.75, 3.05) is 22.6 Å². The van der Waals surface area contributed by atoms with Crippen molar-refractivity contribution >= 4 is 46.5 Å². The van der Waals surface area contributed by atoms with Gasteiger partial charge in [0.1, 0.15) is 22.2 Å². The summed E-state index contributed by atoms with van der Waals surface area (Å²) in [5.74, 6) is -0.665. The monoisotopic (exact) mass is 519 g/mol. The van der Waals surface area contributed by atoms with E-state index in [0.717, 1.165) is 16.7 Å². The largest absolute Gasteiger partial charge is 0.497 e. The molecule has 2 N–H and O–H groups in total. The van der Waals surface area contributed by atoms with E-state index in [4.69, 9.17) is 4.74 Å². The number of thioether (sulfide) groups is 1. The molecule has 7 nitrogen and oxygen atoms in total. The van der Waals surface area contributed by atoms with E-state index < -0.39 is 17.6 Å². The van der Waals surface area contributed by atoms with Crippen LogP contribution in [0.1, 0.15) is 20.3 Å². The molecule has 3 amide bonds. The van der Waals surface area contributed by atoms with Gasteiger partial charge in [0.05, 0.1) is 12.8 Å². The summed E-state index contributed by atoms with van der Waals surface area (Å²) >= 11 is 1.13. The normalized spacial score (nSPS) is 13.4. The number of nitrogens with one attached hydrogen (secondary N) is 2. The molecule has 0 saturated carbocycles. The van der Waals surface area contributed by atoms with Gasteiger partial charge in [0.25, 0.3) is 11.8 Å². The molecule has 0 saturated heterocycles. The maximum Gasteiger partial charge on any atom is 0.283 e. The number of halogens is 1. The highest BCUT2D eigenvalue weighted by Gasteiger charge is 2.40. The maximum atomic E-state index is 13.5. The number of methoxy groups -OCH3 is 1. The van der Waals surface area contributed by atoms with Gasteiger partial charge in [-0.1, -0.05) is 25.6 Å². The number of benzene rings is 3. The van der Waals surface area contributed by atoms with E-state index in [9.17, 15) is 18.8 Å². The molecular formula is C28H26FN3O4S. The Morgan fingerprint density at radius 2 is 1.54 bits per heavy atom. The van der Waals surface area contributed by atoms with Crippen molar-refractivity contribution in [1.29, 1.82) is 0 Å². The van der Waals surface area contributed by atoms with E-state index >= 15 is 0 Å². The fourth-order valence-corrected chi connectivity index (χ4v) is 4.59. The van der Waals surface area contributed by atoms with Crippen molar-refractivity contribution in [3.8, 4) is 5.75 Å². The summed E-state index contributed by atoms with van der Waals surface area (Å²) in [6, 6.07) is 19.2. The number of ether oxygens (including phenoxy) is 1. The summed E-state index contributed by atoms with van der Waals surface area (Å²) in [7, 11) is 1.53. The molecular weight excluding hydrogens is 493 g/mol. The lowest BCUT2D eigenvalue weighted by Gasteiger charge is -2.15. The van der Waals surface area contributed by atoms with Crippen LogP contribution in [0.4, 0.5) is 21.5 Å². The van der Waals surface area contributed by atoms with E-state index in [2.05, 4.69) is 10.6 Å². The van der Waals surface area contributed by atoms with Gasteiger partial charge in [-0.25, -0.2) is 9.29 Å². The maximum absolute atomic E-state index is 13.5. The third-order valence-electron chi connectivity index (χ3n) is 5.44. The zero-order valence-electron chi connectivity index (χ0n) is 20.6. The molecule has 3 aromatic carbocycles.